The van der Waals surface area contributed by atoms with Gasteiger partial charge in [0, 0.05) is 22.3 Å². The van der Waals surface area contributed by atoms with Crippen molar-refractivity contribution < 1.29 is 9.50 Å². The molecule has 3 aromatic carbocycles. The molecular formula is C31H31FO. The van der Waals surface area contributed by atoms with Crippen LogP contribution in [0.15, 0.2) is 60.7 Å². The molecule has 168 valence electrons. The molecule has 1 N–H and O–H groups in total. The lowest BCUT2D eigenvalue weighted by molar-refractivity contribution is 0.429. The molecule has 1 saturated carbocycles. The van der Waals surface area contributed by atoms with Crippen molar-refractivity contribution in [3.05, 3.63) is 99.9 Å². The third kappa shape index (κ3) is 6.50. The van der Waals surface area contributed by atoms with Gasteiger partial charge in [0.15, 0.2) is 0 Å². The second kappa shape index (κ2) is 11.9. The van der Waals surface area contributed by atoms with Crippen LogP contribution in [0.25, 0.3) is 0 Å². The van der Waals surface area contributed by atoms with Gasteiger partial charge < -0.3 is 5.11 Å². The quantitative estimate of drug-likeness (QED) is 0.386. The van der Waals surface area contributed by atoms with Crippen LogP contribution in [0.5, 0.6) is 5.75 Å². The summed E-state index contributed by atoms with van der Waals surface area (Å²) in [5.74, 6) is 12.6. The van der Waals surface area contributed by atoms with Crippen molar-refractivity contribution >= 4 is 0 Å². The normalized spacial score (nSPS) is 13.0. The van der Waals surface area contributed by atoms with Gasteiger partial charge in [0.25, 0.3) is 0 Å². The number of hydrogen-bond acceptors (Lipinski definition) is 1. The second-order valence-corrected chi connectivity index (χ2v) is 8.14. The number of hydrogen-bond donors (Lipinski definition) is 1. The minimum Gasteiger partial charge on any atom is -0.508 e. The van der Waals surface area contributed by atoms with Gasteiger partial charge in [-0.15, -0.1) is 0 Å². The Morgan fingerprint density at radius 1 is 0.697 bits per heavy atom. The number of benzene rings is 3. The maximum absolute atomic E-state index is 15.7. The highest BCUT2D eigenvalue weighted by Gasteiger charge is 2.23. The van der Waals surface area contributed by atoms with Crippen molar-refractivity contribution in [2.45, 2.75) is 58.8 Å². The van der Waals surface area contributed by atoms with Crippen molar-refractivity contribution in [1.82, 2.24) is 0 Å². The van der Waals surface area contributed by atoms with E-state index >= 15 is 4.39 Å². The summed E-state index contributed by atoms with van der Waals surface area (Å²) in [7, 11) is 0. The van der Waals surface area contributed by atoms with E-state index in [1.165, 1.54) is 12.0 Å². The molecule has 0 spiro atoms. The molecular weight excluding hydrogens is 407 g/mol. The summed E-state index contributed by atoms with van der Waals surface area (Å²) in [6, 6.07) is 18.3. The van der Waals surface area contributed by atoms with Crippen molar-refractivity contribution in [1.29, 1.82) is 0 Å². The molecule has 1 fully saturated rings. The maximum atomic E-state index is 15.7. The lowest BCUT2D eigenvalue weighted by Gasteiger charge is -2.24. The second-order valence-electron chi connectivity index (χ2n) is 8.14. The van der Waals surface area contributed by atoms with Crippen molar-refractivity contribution in [3.8, 4) is 29.4 Å². The van der Waals surface area contributed by atoms with Crippen LogP contribution in [0.4, 0.5) is 4.39 Å². The Bertz CT molecular complexity index is 1180. The zero-order valence-corrected chi connectivity index (χ0v) is 19.7. The van der Waals surface area contributed by atoms with Gasteiger partial charge in [-0.05, 0) is 74.2 Å². The van der Waals surface area contributed by atoms with Crippen molar-refractivity contribution in [2.75, 3.05) is 0 Å². The van der Waals surface area contributed by atoms with Gasteiger partial charge in [-0.1, -0.05) is 74.5 Å². The first-order valence-electron chi connectivity index (χ1n) is 11.8. The molecule has 3 aromatic rings. The molecule has 4 rings (SSSR count). The van der Waals surface area contributed by atoms with Crippen LogP contribution >= 0.6 is 0 Å². The smallest absolute Gasteiger partial charge is 0.143 e. The fraction of sp³-hybridized carbons (Fsp3) is 0.290. The maximum Gasteiger partial charge on any atom is 0.143 e. The molecule has 0 radical (unpaired) electrons. The van der Waals surface area contributed by atoms with Crippen molar-refractivity contribution in [3.63, 3.8) is 0 Å². The predicted octanol–water partition coefficient (Wildman–Crippen LogP) is 7.71. The van der Waals surface area contributed by atoms with Gasteiger partial charge in [-0.2, -0.15) is 0 Å². The van der Waals surface area contributed by atoms with Gasteiger partial charge in [0.05, 0.1) is 5.56 Å². The molecule has 2 heteroatoms. The van der Waals surface area contributed by atoms with Crippen molar-refractivity contribution in [2.24, 2.45) is 0 Å². The highest BCUT2D eigenvalue weighted by atomic mass is 19.1. The van der Waals surface area contributed by atoms with Crippen LogP contribution in [0, 0.1) is 36.4 Å². The van der Waals surface area contributed by atoms with E-state index in [0.717, 1.165) is 42.4 Å². The number of halogens is 1. The van der Waals surface area contributed by atoms with Gasteiger partial charge in [0.2, 0.25) is 0 Å². The largest absolute Gasteiger partial charge is 0.508 e. The van der Waals surface area contributed by atoms with E-state index in [9.17, 15) is 5.11 Å². The van der Waals surface area contributed by atoms with E-state index in [4.69, 9.17) is 0 Å². The lowest BCUT2D eigenvalue weighted by atomic mass is 9.81. The Morgan fingerprint density at radius 2 is 1.21 bits per heavy atom. The topological polar surface area (TPSA) is 20.2 Å². The summed E-state index contributed by atoms with van der Waals surface area (Å²) >= 11 is 0. The fourth-order valence-corrected chi connectivity index (χ4v) is 4.05. The van der Waals surface area contributed by atoms with Crippen LogP contribution in [-0.2, 0) is 0 Å². The molecule has 0 bridgehead atoms. The van der Waals surface area contributed by atoms with E-state index in [-0.39, 0.29) is 17.5 Å². The standard InChI is InChI=1S/C29H25FO.C2H6/c1-21-7-9-22(10-8-21)12-16-26-18-17-25(15-11-23-13-19-27(31)20-14-23)28(29(26)30)24-5-3-2-4-6-24;1-2/h7-10,13-14,17-20,24,31H,2-6H2,1H3;1-2H3. The Balaban J connectivity index is 0.00000149. The van der Waals surface area contributed by atoms with Gasteiger partial charge in [0.1, 0.15) is 11.6 Å². The monoisotopic (exact) mass is 438 g/mol. The van der Waals surface area contributed by atoms with Crippen LogP contribution in [0.1, 0.15) is 85.3 Å². The van der Waals surface area contributed by atoms with E-state index < -0.39 is 0 Å². The molecule has 1 aliphatic carbocycles. The Kier molecular flexibility index (Phi) is 8.74. The SMILES string of the molecule is CC.Cc1ccc(C#Cc2ccc(C#Cc3ccc(O)cc3)c(C3CCCCC3)c2F)cc1. The highest BCUT2D eigenvalue weighted by Crippen LogP contribution is 2.36. The third-order valence-electron chi connectivity index (χ3n) is 5.80. The Hall–Kier alpha value is -3.49. The Morgan fingerprint density at radius 3 is 1.82 bits per heavy atom. The molecule has 33 heavy (non-hydrogen) atoms. The first kappa shape index (κ1) is 24.2. The lowest BCUT2D eigenvalue weighted by Crippen LogP contribution is -2.10. The molecule has 0 unspecified atom stereocenters. The van der Waals surface area contributed by atoms with E-state index in [2.05, 4.69) is 23.7 Å². The Labute approximate surface area is 197 Å². The molecule has 0 aliphatic heterocycles. The summed E-state index contributed by atoms with van der Waals surface area (Å²) in [5, 5.41) is 9.46. The highest BCUT2D eigenvalue weighted by molar-refractivity contribution is 5.54. The number of aromatic hydroxyl groups is 1. The minimum atomic E-state index is -0.232. The average molecular weight is 439 g/mol. The van der Waals surface area contributed by atoms with E-state index in [1.807, 2.05) is 51.1 Å². The first-order chi connectivity index (χ1) is 16.1. The van der Waals surface area contributed by atoms with E-state index in [1.54, 1.807) is 30.3 Å². The fourth-order valence-electron chi connectivity index (χ4n) is 4.05. The first-order valence-corrected chi connectivity index (χ1v) is 11.8. The van der Waals surface area contributed by atoms with E-state index in [0.29, 0.717) is 11.1 Å². The molecule has 0 heterocycles. The zero-order valence-electron chi connectivity index (χ0n) is 19.7. The molecule has 1 aliphatic rings. The van der Waals surface area contributed by atoms with Gasteiger partial charge in [-0.3, -0.25) is 0 Å². The molecule has 0 atom stereocenters. The summed E-state index contributed by atoms with van der Waals surface area (Å²) in [6.45, 7) is 6.03. The number of aryl methyl sites for hydroxylation is 1. The number of phenolic OH excluding ortho intramolecular Hbond substituents is 1. The van der Waals surface area contributed by atoms with Crippen LogP contribution in [0.2, 0.25) is 0 Å². The van der Waals surface area contributed by atoms with Crippen LogP contribution in [0.3, 0.4) is 0 Å². The summed E-state index contributed by atoms with van der Waals surface area (Å²) in [5.41, 5.74) is 4.71. The number of rotatable bonds is 1. The molecule has 0 aromatic heterocycles. The third-order valence-corrected chi connectivity index (χ3v) is 5.80. The van der Waals surface area contributed by atoms with Crippen LogP contribution in [-0.4, -0.2) is 5.11 Å². The average Bonchev–Trinajstić information content (AvgIpc) is 2.86. The molecule has 1 nitrogen and oxygen atoms in total. The summed E-state index contributed by atoms with van der Waals surface area (Å²) < 4.78 is 15.7. The minimum absolute atomic E-state index is 0.180. The zero-order chi connectivity index (χ0) is 23.6. The molecule has 0 amide bonds. The van der Waals surface area contributed by atoms with Gasteiger partial charge >= 0.3 is 0 Å². The summed E-state index contributed by atoms with van der Waals surface area (Å²) in [6.07, 6.45) is 5.42. The van der Waals surface area contributed by atoms with Gasteiger partial charge in [-0.25, -0.2) is 4.39 Å². The molecule has 0 saturated heterocycles. The predicted molar refractivity (Wildman–Crippen MR) is 135 cm³/mol. The van der Waals surface area contributed by atoms with Crippen LogP contribution < -0.4 is 0 Å². The summed E-state index contributed by atoms with van der Waals surface area (Å²) in [4.78, 5) is 0. The number of phenols is 1.